The van der Waals surface area contributed by atoms with Crippen LogP contribution in [0.5, 0.6) is 0 Å². The molecule has 0 aliphatic heterocycles. The second-order valence-electron chi connectivity index (χ2n) is 3.18. The summed E-state index contributed by atoms with van der Waals surface area (Å²) < 4.78 is 0. The highest BCUT2D eigenvalue weighted by atomic mass is 14.9. The summed E-state index contributed by atoms with van der Waals surface area (Å²) in [6.45, 7) is 0. The highest BCUT2D eigenvalue weighted by Crippen LogP contribution is 2.15. The van der Waals surface area contributed by atoms with E-state index >= 15 is 0 Å². The van der Waals surface area contributed by atoms with Crippen LogP contribution in [0.4, 0.5) is 0 Å². The average Bonchev–Trinajstić information content (AvgIpc) is 2.82. The Bertz CT molecular complexity index is 586. The van der Waals surface area contributed by atoms with Crippen molar-refractivity contribution < 1.29 is 0 Å². The van der Waals surface area contributed by atoms with Gasteiger partial charge in [-0.1, -0.05) is 0 Å². The van der Waals surface area contributed by atoms with Gasteiger partial charge in [0.05, 0.1) is 0 Å². The summed E-state index contributed by atoms with van der Waals surface area (Å²) in [5.74, 6) is 0.766. The normalized spacial score (nSPS) is 10.7. The summed E-state index contributed by atoms with van der Waals surface area (Å²) in [7, 11) is 0. The first kappa shape index (κ1) is 8.11. The Morgan fingerprint density at radius 1 is 1.00 bits per heavy atom. The summed E-state index contributed by atoms with van der Waals surface area (Å²) in [6, 6.07) is 7.81. The number of aromatic nitrogens is 4. The summed E-state index contributed by atoms with van der Waals surface area (Å²) >= 11 is 0. The third kappa shape index (κ3) is 1.36. The minimum atomic E-state index is 0.742. The van der Waals surface area contributed by atoms with Crippen LogP contribution in [0.15, 0.2) is 42.9 Å². The summed E-state index contributed by atoms with van der Waals surface area (Å²) in [4.78, 5) is 15.8. The number of fused-ring (bicyclic) bond motifs is 1. The molecule has 3 rings (SSSR count). The molecule has 0 saturated carbocycles. The number of pyridine rings is 2. The lowest BCUT2D eigenvalue weighted by molar-refractivity contribution is 1.22. The lowest BCUT2D eigenvalue weighted by Gasteiger charge is -1.98. The van der Waals surface area contributed by atoms with Crippen molar-refractivity contribution in [3.8, 4) is 11.5 Å². The Morgan fingerprint density at radius 3 is 2.87 bits per heavy atom. The van der Waals surface area contributed by atoms with Crippen molar-refractivity contribution in [3.05, 3.63) is 42.9 Å². The fourth-order valence-electron chi connectivity index (χ4n) is 1.49. The summed E-state index contributed by atoms with van der Waals surface area (Å²) in [6.07, 6.45) is 5.22. The van der Waals surface area contributed by atoms with Crippen molar-refractivity contribution >= 4 is 11.0 Å². The molecule has 0 aliphatic rings. The number of hydrogen-bond acceptors (Lipinski definition) is 3. The number of H-pyrrole nitrogens is 1. The zero-order valence-corrected chi connectivity index (χ0v) is 7.88. The molecule has 4 heteroatoms. The van der Waals surface area contributed by atoms with Crippen LogP contribution in [0.3, 0.4) is 0 Å². The molecular formula is C11H8N4. The summed E-state index contributed by atoms with van der Waals surface area (Å²) in [5, 5.41) is 1.04. The molecule has 0 aromatic carbocycles. The van der Waals surface area contributed by atoms with Gasteiger partial charge >= 0.3 is 0 Å². The molecule has 0 saturated heterocycles. The van der Waals surface area contributed by atoms with Crippen LogP contribution >= 0.6 is 0 Å². The topological polar surface area (TPSA) is 54.5 Å². The molecule has 72 valence electrons. The van der Waals surface area contributed by atoms with Gasteiger partial charge in [0.1, 0.15) is 5.69 Å². The predicted molar refractivity (Wildman–Crippen MR) is 57.1 cm³/mol. The SMILES string of the molecule is c1cnc2nc(-c3ncc[nH]3)ccc2c1. The molecular weight excluding hydrogens is 188 g/mol. The van der Waals surface area contributed by atoms with Crippen LogP contribution < -0.4 is 0 Å². The van der Waals surface area contributed by atoms with Gasteiger partial charge in [-0.2, -0.15) is 0 Å². The van der Waals surface area contributed by atoms with E-state index in [1.807, 2.05) is 24.3 Å². The lowest BCUT2D eigenvalue weighted by atomic mass is 10.2. The third-order valence-electron chi connectivity index (χ3n) is 2.20. The Kier molecular flexibility index (Phi) is 1.71. The van der Waals surface area contributed by atoms with E-state index in [4.69, 9.17) is 0 Å². The number of imidazole rings is 1. The van der Waals surface area contributed by atoms with E-state index in [1.165, 1.54) is 0 Å². The molecule has 0 radical (unpaired) electrons. The fourth-order valence-corrected chi connectivity index (χ4v) is 1.49. The lowest BCUT2D eigenvalue weighted by Crippen LogP contribution is -1.88. The van der Waals surface area contributed by atoms with E-state index in [9.17, 15) is 0 Å². The molecule has 3 aromatic heterocycles. The van der Waals surface area contributed by atoms with Crippen molar-refractivity contribution in [2.75, 3.05) is 0 Å². The van der Waals surface area contributed by atoms with Gasteiger partial charge in [0, 0.05) is 24.0 Å². The highest BCUT2D eigenvalue weighted by Gasteiger charge is 2.02. The fraction of sp³-hybridized carbons (Fsp3) is 0. The van der Waals surface area contributed by atoms with Gasteiger partial charge in [-0.15, -0.1) is 0 Å². The second-order valence-corrected chi connectivity index (χ2v) is 3.18. The average molecular weight is 196 g/mol. The zero-order chi connectivity index (χ0) is 10.1. The van der Waals surface area contributed by atoms with Crippen LogP contribution in [0.25, 0.3) is 22.6 Å². The first-order chi connectivity index (χ1) is 7.43. The minimum absolute atomic E-state index is 0.742. The molecule has 0 aliphatic carbocycles. The Balaban J connectivity index is 2.22. The first-order valence-corrected chi connectivity index (χ1v) is 4.65. The number of nitrogens with one attached hydrogen (secondary N) is 1. The van der Waals surface area contributed by atoms with Gasteiger partial charge in [0.2, 0.25) is 0 Å². The molecule has 0 spiro atoms. The van der Waals surface area contributed by atoms with Gasteiger partial charge in [-0.25, -0.2) is 15.0 Å². The van der Waals surface area contributed by atoms with E-state index in [0.29, 0.717) is 0 Å². The molecule has 15 heavy (non-hydrogen) atoms. The van der Waals surface area contributed by atoms with E-state index < -0.39 is 0 Å². The number of hydrogen-bond donors (Lipinski definition) is 1. The highest BCUT2D eigenvalue weighted by molar-refractivity contribution is 5.76. The van der Waals surface area contributed by atoms with Crippen molar-refractivity contribution in [2.24, 2.45) is 0 Å². The number of rotatable bonds is 1. The molecule has 3 aromatic rings. The van der Waals surface area contributed by atoms with E-state index in [1.54, 1.807) is 18.6 Å². The van der Waals surface area contributed by atoms with Gasteiger partial charge in [-0.05, 0) is 24.3 Å². The quantitative estimate of drug-likeness (QED) is 0.647. The van der Waals surface area contributed by atoms with E-state index in [2.05, 4.69) is 19.9 Å². The number of nitrogens with zero attached hydrogens (tertiary/aromatic N) is 3. The monoisotopic (exact) mass is 196 g/mol. The maximum atomic E-state index is 4.41. The van der Waals surface area contributed by atoms with Gasteiger partial charge in [-0.3, -0.25) is 0 Å². The minimum Gasteiger partial charge on any atom is -0.343 e. The smallest absolute Gasteiger partial charge is 0.159 e. The molecule has 0 fully saturated rings. The van der Waals surface area contributed by atoms with E-state index in [0.717, 1.165) is 22.6 Å². The number of aromatic amines is 1. The standard InChI is InChI=1S/C11H8N4/c1-2-8-3-4-9(11-13-6-7-14-11)15-10(8)12-5-1/h1-7H,(H,13,14). The van der Waals surface area contributed by atoms with E-state index in [-0.39, 0.29) is 0 Å². The Morgan fingerprint density at radius 2 is 2.00 bits per heavy atom. The van der Waals surface area contributed by atoms with Gasteiger partial charge in [0.15, 0.2) is 11.5 Å². The predicted octanol–water partition coefficient (Wildman–Crippen LogP) is 2.02. The third-order valence-corrected chi connectivity index (χ3v) is 2.20. The Labute approximate surface area is 86.0 Å². The molecule has 0 amide bonds. The van der Waals surface area contributed by atoms with Crippen molar-refractivity contribution in [1.82, 2.24) is 19.9 Å². The molecule has 0 atom stereocenters. The van der Waals surface area contributed by atoms with Crippen LogP contribution in [0.2, 0.25) is 0 Å². The Hall–Kier alpha value is -2.23. The zero-order valence-electron chi connectivity index (χ0n) is 7.88. The molecule has 4 nitrogen and oxygen atoms in total. The molecule has 3 heterocycles. The molecule has 0 bridgehead atoms. The largest absolute Gasteiger partial charge is 0.343 e. The second kappa shape index (κ2) is 3.16. The van der Waals surface area contributed by atoms with Crippen LogP contribution in [0, 0.1) is 0 Å². The van der Waals surface area contributed by atoms with Gasteiger partial charge < -0.3 is 4.98 Å². The van der Waals surface area contributed by atoms with Crippen LogP contribution in [0.1, 0.15) is 0 Å². The van der Waals surface area contributed by atoms with Crippen molar-refractivity contribution in [1.29, 1.82) is 0 Å². The maximum Gasteiger partial charge on any atom is 0.159 e. The van der Waals surface area contributed by atoms with Crippen LogP contribution in [-0.4, -0.2) is 19.9 Å². The van der Waals surface area contributed by atoms with Crippen molar-refractivity contribution in [2.45, 2.75) is 0 Å². The maximum absolute atomic E-state index is 4.41. The first-order valence-electron chi connectivity index (χ1n) is 4.65. The summed E-state index contributed by atoms with van der Waals surface area (Å²) in [5.41, 5.74) is 1.55. The van der Waals surface area contributed by atoms with Crippen LogP contribution in [-0.2, 0) is 0 Å². The van der Waals surface area contributed by atoms with Gasteiger partial charge in [0.25, 0.3) is 0 Å². The van der Waals surface area contributed by atoms with Crippen molar-refractivity contribution in [3.63, 3.8) is 0 Å². The molecule has 0 unspecified atom stereocenters. The molecule has 1 N–H and O–H groups in total.